The van der Waals surface area contributed by atoms with Crippen LogP contribution in [0.3, 0.4) is 0 Å². The zero-order valence-corrected chi connectivity index (χ0v) is 12.8. The maximum atomic E-state index is 12.3. The van der Waals surface area contributed by atoms with Crippen molar-refractivity contribution in [2.24, 2.45) is 0 Å². The van der Waals surface area contributed by atoms with Crippen molar-refractivity contribution in [3.63, 3.8) is 0 Å². The number of carbonyl (C=O) groups is 2. The predicted octanol–water partition coefficient (Wildman–Crippen LogP) is 1.12. The minimum atomic E-state index is -1.11. The van der Waals surface area contributed by atoms with E-state index in [1.807, 2.05) is 0 Å². The van der Waals surface area contributed by atoms with Gasteiger partial charge in [-0.1, -0.05) is 30.3 Å². The van der Waals surface area contributed by atoms with Crippen LogP contribution in [0.2, 0.25) is 0 Å². The molecule has 0 bridgehead atoms. The maximum Gasteiger partial charge on any atom is 0.330 e. The minimum Gasteiger partial charge on any atom is -0.479 e. The summed E-state index contributed by atoms with van der Waals surface area (Å²) in [6, 6.07) is 7.00. The summed E-state index contributed by atoms with van der Waals surface area (Å²) in [6.45, 7) is 1.43. The molecule has 2 N–H and O–H groups in total. The molecule has 0 aliphatic carbocycles. The number of nitrogens with one attached hydrogen (secondary N) is 1. The van der Waals surface area contributed by atoms with Gasteiger partial charge in [-0.3, -0.25) is 0 Å². The Morgan fingerprint density at radius 1 is 1.14 bits per heavy atom. The zero-order chi connectivity index (χ0) is 16.4. The molecule has 0 unspecified atom stereocenters. The third-order valence-corrected chi connectivity index (χ3v) is 3.07. The Kier molecular flexibility index (Phi) is 7.95. The van der Waals surface area contributed by atoms with Crippen molar-refractivity contribution in [2.75, 3.05) is 40.5 Å². The number of hydrogen-bond donors (Lipinski definition) is 2. The Labute approximate surface area is 129 Å². The lowest BCUT2D eigenvalue weighted by Gasteiger charge is -2.25. The molecule has 22 heavy (non-hydrogen) atoms. The molecular weight excluding hydrogens is 288 g/mol. The quantitative estimate of drug-likeness (QED) is 0.713. The number of ether oxygens (including phenoxy) is 2. The molecule has 1 atom stereocenters. The molecule has 0 radical (unpaired) electrons. The first-order chi connectivity index (χ1) is 10.6. The molecule has 0 aliphatic heterocycles. The fraction of sp³-hybridized carbons (Fsp3) is 0.467. The first-order valence-electron chi connectivity index (χ1n) is 6.91. The maximum absolute atomic E-state index is 12.3. The highest BCUT2D eigenvalue weighted by Gasteiger charge is 2.24. The minimum absolute atomic E-state index is 0.354. The van der Waals surface area contributed by atoms with Crippen molar-refractivity contribution in [1.82, 2.24) is 10.2 Å². The van der Waals surface area contributed by atoms with Crippen molar-refractivity contribution >= 4 is 12.0 Å². The molecule has 0 heterocycles. The standard InChI is InChI=1S/C15H22N2O5/c1-21-10-8-17(9-11-22-2)15(20)16-13(14(18)19)12-6-4-3-5-7-12/h3-7,13H,8-11H2,1-2H3,(H,16,20)(H,18,19)/t13-/m0/s1. The number of methoxy groups -OCH3 is 2. The lowest BCUT2D eigenvalue weighted by atomic mass is 10.1. The van der Waals surface area contributed by atoms with Gasteiger partial charge in [0, 0.05) is 27.3 Å². The Bertz CT molecular complexity index is 458. The smallest absolute Gasteiger partial charge is 0.330 e. The number of carboxylic acids is 1. The number of rotatable bonds is 9. The third kappa shape index (κ3) is 5.71. The number of hydrogen-bond acceptors (Lipinski definition) is 4. The van der Waals surface area contributed by atoms with E-state index in [0.717, 1.165) is 0 Å². The molecule has 0 fully saturated rings. The Morgan fingerprint density at radius 2 is 1.68 bits per heavy atom. The van der Waals surface area contributed by atoms with E-state index in [9.17, 15) is 14.7 Å². The van der Waals surface area contributed by atoms with Gasteiger partial charge in [-0.25, -0.2) is 9.59 Å². The van der Waals surface area contributed by atoms with Crippen LogP contribution in [0.4, 0.5) is 4.79 Å². The van der Waals surface area contributed by atoms with E-state index in [1.54, 1.807) is 30.3 Å². The summed E-state index contributed by atoms with van der Waals surface area (Å²) in [6.07, 6.45) is 0. The topological polar surface area (TPSA) is 88.1 Å². The predicted molar refractivity (Wildman–Crippen MR) is 80.7 cm³/mol. The van der Waals surface area contributed by atoms with Crippen molar-refractivity contribution < 1.29 is 24.2 Å². The second-order valence-electron chi connectivity index (χ2n) is 4.60. The lowest BCUT2D eigenvalue weighted by Crippen LogP contribution is -2.46. The second-order valence-corrected chi connectivity index (χ2v) is 4.60. The summed E-state index contributed by atoms with van der Waals surface area (Å²) in [5.41, 5.74) is 0.516. The number of carbonyl (C=O) groups excluding carboxylic acids is 1. The van der Waals surface area contributed by atoms with Gasteiger partial charge in [0.2, 0.25) is 0 Å². The van der Waals surface area contributed by atoms with Crippen LogP contribution in [-0.4, -0.2) is 62.5 Å². The van der Waals surface area contributed by atoms with Gasteiger partial charge in [0.25, 0.3) is 0 Å². The van der Waals surface area contributed by atoms with Gasteiger partial charge in [-0.2, -0.15) is 0 Å². The van der Waals surface area contributed by atoms with Crippen molar-refractivity contribution in [3.8, 4) is 0 Å². The van der Waals surface area contributed by atoms with E-state index in [1.165, 1.54) is 19.1 Å². The molecule has 0 saturated heterocycles. The molecule has 1 aromatic rings. The molecule has 7 nitrogen and oxygen atoms in total. The van der Waals surface area contributed by atoms with E-state index in [2.05, 4.69) is 5.32 Å². The van der Waals surface area contributed by atoms with E-state index in [0.29, 0.717) is 31.9 Å². The number of amides is 2. The summed E-state index contributed by atoms with van der Waals surface area (Å²) in [4.78, 5) is 25.2. The Balaban J connectivity index is 2.76. The summed E-state index contributed by atoms with van der Waals surface area (Å²) >= 11 is 0. The fourth-order valence-corrected chi connectivity index (χ4v) is 1.87. The average Bonchev–Trinajstić information content (AvgIpc) is 2.53. The van der Waals surface area contributed by atoms with Gasteiger partial charge in [0.15, 0.2) is 6.04 Å². The molecule has 2 amide bonds. The van der Waals surface area contributed by atoms with Gasteiger partial charge in [0.05, 0.1) is 13.2 Å². The van der Waals surface area contributed by atoms with E-state index in [4.69, 9.17) is 9.47 Å². The molecule has 122 valence electrons. The van der Waals surface area contributed by atoms with Gasteiger partial charge in [-0.15, -0.1) is 0 Å². The number of benzene rings is 1. The van der Waals surface area contributed by atoms with Gasteiger partial charge < -0.3 is 24.8 Å². The number of urea groups is 1. The third-order valence-electron chi connectivity index (χ3n) is 3.07. The molecular formula is C15H22N2O5. The summed E-state index contributed by atoms with van der Waals surface area (Å²) in [5.74, 6) is -1.11. The summed E-state index contributed by atoms with van der Waals surface area (Å²) < 4.78 is 9.92. The van der Waals surface area contributed by atoms with Crippen LogP contribution < -0.4 is 5.32 Å². The van der Waals surface area contributed by atoms with Crippen LogP contribution >= 0.6 is 0 Å². The lowest BCUT2D eigenvalue weighted by molar-refractivity contribution is -0.139. The van der Waals surface area contributed by atoms with Crippen LogP contribution in [0.5, 0.6) is 0 Å². The number of aliphatic carboxylic acids is 1. The molecule has 0 aromatic heterocycles. The SMILES string of the molecule is COCCN(CCOC)C(=O)N[C@H](C(=O)O)c1ccccc1. The molecule has 0 spiro atoms. The van der Waals surface area contributed by atoms with E-state index >= 15 is 0 Å². The molecule has 1 aromatic carbocycles. The molecule has 0 aliphatic rings. The molecule has 1 rings (SSSR count). The zero-order valence-electron chi connectivity index (χ0n) is 12.8. The highest BCUT2D eigenvalue weighted by molar-refractivity contribution is 5.83. The van der Waals surface area contributed by atoms with Crippen LogP contribution in [0.15, 0.2) is 30.3 Å². The summed E-state index contributed by atoms with van der Waals surface area (Å²) in [5, 5.41) is 11.9. The number of carboxylic acid groups (broad SMARTS) is 1. The van der Waals surface area contributed by atoms with Crippen molar-refractivity contribution in [3.05, 3.63) is 35.9 Å². The van der Waals surface area contributed by atoms with Crippen LogP contribution in [-0.2, 0) is 14.3 Å². The van der Waals surface area contributed by atoms with Crippen molar-refractivity contribution in [1.29, 1.82) is 0 Å². The largest absolute Gasteiger partial charge is 0.479 e. The fourth-order valence-electron chi connectivity index (χ4n) is 1.87. The van der Waals surface area contributed by atoms with E-state index < -0.39 is 18.0 Å². The average molecular weight is 310 g/mol. The Morgan fingerprint density at radius 3 is 2.14 bits per heavy atom. The van der Waals surface area contributed by atoms with Gasteiger partial charge in [-0.05, 0) is 5.56 Å². The van der Waals surface area contributed by atoms with Crippen LogP contribution in [0.25, 0.3) is 0 Å². The highest BCUT2D eigenvalue weighted by Crippen LogP contribution is 2.13. The van der Waals surface area contributed by atoms with Gasteiger partial charge in [0.1, 0.15) is 0 Å². The molecule has 7 heteroatoms. The van der Waals surface area contributed by atoms with Gasteiger partial charge >= 0.3 is 12.0 Å². The first-order valence-corrected chi connectivity index (χ1v) is 6.91. The van der Waals surface area contributed by atoms with Crippen LogP contribution in [0.1, 0.15) is 11.6 Å². The number of nitrogens with zero attached hydrogens (tertiary/aromatic N) is 1. The second kappa shape index (κ2) is 9.75. The van der Waals surface area contributed by atoms with Crippen LogP contribution in [0, 0.1) is 0 Å². The Hall–Kier alpha value is -2.12. The monoisotopic (exact) mass is 310 g/mol. The normalized spacial score (nSPS) is 11.7. The molecule has 0 saturated carbocycles. The summed E-state index contributed by atoms with van der Waals surface area (Å²) in [7, 11) is 3.08. The van der Waals surface area contributed by atoms with E-state index in [-0.39, 0.29) is 0 Å². The first kappa shape index (κ1) is 17.9. The van der Waals surface area contributed by atoms with Crippen molar-refractivity contribution in [2.45, 2.75) is 6.04 Å². The highest BCUT2D eigenvalue weighted by atomic mass is 16.5.